The molecule has 0 aliphatic carbocycles. The smallest absolute Gasteiger partial charge is 0.193 e. The molecule has 9 heteroatoms. The molecule has 1 saturated heterocycles. The molecule has 1 N–H and O–H groups in total. The van der Waals surface area contributed by atoms with Gasteiger partial charge in [-0.25, -0.2) is 0 Å². The fourth-order valence-corrected chi connectivity index (χ4v) is 3.24. The molecule has 1 aromatic heterocycles. The van der Waals surface area contributed by atoms with Crippen molar-refractivity contribution in [3.63, 3.8) is 0 Å². The number of hydrogen-bond donors (Lipinski definition) is 1. The minimum absolute atomic E-state index is 0. The Bertz CT molecular complexity index is 749. The topological polar surface area (TPSA) is 76.8 Å². The number of hydrogen-bond acceptors (Lipinski definition) is 5. The number of halogens is 1. The van der Waals surface area contributed by atoms with E-state index in [1.807, 2.05) is 37.4 Å². The van der Waals surface area contributed by atoms with E-state index >= 15 is 0 Å². The lowest BCUT2D eigenvalue weighted by molar-refractivity contribution is 0.117. The second-order valence-electron chi connectivity index (χ2n) is 7.10. The second-order valence-corrected chi connectivity index (χ2v) is 7.10. The molecule has 3 rings (SSSR count). The van der Waals surface area contributed by atoms with E-state index in [9.17, 15) is 0 Å². The first kappa shape index (κ1) is 24.4. The lowest BCUT2D eigenvalue weighted by Gasteiger charge is -2.23. The van der Waals surface area contributed by atoms with Gasteiger partial charge in [0.25, 0.3) is 0 Å². The van der Waals surface area contributed by atoms with E-state index in [1.54, 1.807) is 6.33 Å². The van der Waals surface area contributed by atoms with Crippen LogP contribution in [0.2, 0.25) is 0 Å². The lowest BCUT2D eigenvalue weighted by Crippen LogP contribution is -2.42. The number of para-hydroxylation sites is 1. The lowest BCUT2D eigenvalue weighted by atomic mass is 10.2. The summed E-state index contributed by atoms with van der Waals surface area (Å²) in [4.78, 5) is 6.91. The van der Waals surface area contributed by atoms with E-state index < -0.39 is 0 Å². The summed E-state index contributed by atoms with van der Waals surface area (Å²) in [6.45, 7) is 6.48. The summed E-state index contributed by atoms with van der Waals surface area (Å²) < 4.78 is 13.6. The predicted octanol–water partition coefficient (Wildman–Crippen LogP) is 2.59. The Morgan fingerprint density at radius 1 is 1.37 bits per heavy atom. The summed E-state index contributed by atoms with van der Waals surface area (Å²) in [7, 11) is 2.03. The molecule has 0 spiro atoms. The van der Waals surface area contributed by atoms with Gasteiger partial charge in [0.2, 0.25) is 0 Å². The highest BCUT2D eigenvalue weighted by Gasteiger charge is 2.16. The number of aliphatic imine (C=N–C) groups is 1. The maximum Gasteiger partial charge on any atom is 0.193 e. The minimum Gasteiger partial charge on any atom is -0.492 e. The van der Waals surface area contributed by atoms with Crippen LogP contribution in [0.3, 0.4) is 0 Å². The molecular formula is C21H33IN6O2. The summed E-state index contributed by atoms with van der Waals surface area (Å²) in [5.74, 6) is 2.74. The third kappa shape index (κ3) is 7.75. The molecule has 1 unspecified atom stereocenters. The number of ether oxygens (including phenoxy) is 2. The third-order valence-corrected chi connectivity index (χ3v) is 4.92. The Morgan fingerprint density at radius 3 is 2.93 bits per heavy atom. The SMILES string of the molecule is CCc1nncn1CCNC(=NCC1CCCO1)N(C)CCOc1ccccc1.I. The quantitative estimate of drug-likeness (QED) is 0.290. The summed E-state index contributed by atoms with van der Waals surface area (Å²) >= 11 is 0. The molecule has 0 amide bonds. The van der Waals surface area contributed by atoms with E-state index in [0.29, 0.717) is 13.2 Å². The van der Waals surface area contributed by atoms with Gasteiger partial charge in [-0.15, -0.1) is 34.2 Å². The first-order chi connectivity index (χ1) is 14.3. The molecule has 1 aliphatic heterocycles. The first-order valence-corrected chi connectivity index (χ1v) is 10.4. The monoisotopic (exact) mass is 528 g/mol. The number of nitrogens with one attached hydrogen (secondary N) is 1. The maximum atomic E-state index is 5.83. The predicted molar refractivity (Wildman–Crippen MR) is 129 cm³/mol. The summed E-state index contributed by atoms with van der Waals surface area (Å²) in [6, 6.07) is 9.87. The highest BCUT2D eigenvalue weighted by Crippen LogP contribution is 2.12. The van der Waals surface area contributed by atoms with Crippen molar-refractivity contribution < 1.29 is 9.47 Å². The fourth-order valence-electron chi connectivity index (χ4n) is 3.24. The van der Waals surface area contributed by atoms with Gasteiger partial charge in [-0.3, -0.25) is 4.99 Å². The van der Waals surface area contributed by atoms with Gasteiger partial charge in [0.05, 0.1) is 19.2 Å². The zero-order valence-electron chi connectivity index (χ0n) is 17.9. The molecule has 2 aromatic rings. The van der Waals surface area contributed by atoms with Gasteiger partial charge in [0.15, 0.2) is 5.96 Å². The van der Waals surface area contributed by atoms with Crippen LogP contribution < -0.4 is 10.1 Å². The van der Waals surface area contributed by atoms with Gasteiger partial charge in [-0.1, -0.05) is 25.1 Å². The van der Waals surface area contributed by atoms with Crippen molar-refractivity contribution in [2.75, 3.05) is 39.9 Å². The van der Waals surface area contributed by atoms with Gasteiger partial charge >= 0.3 is 0 Å². The number of benzene rings is 1. The van der Waals surface area contributed by atoms with Crippen LogP contribution in [-0.2, 0) is 17.7 Å². The second kappa shape index (κ2) is 13.4. The number of aromatic nitrogens is 3. The van der Waals surface area contributed by atoms with Crippen molar-refractivity contribution in [2.45, 2.75) is 38.8 Å². The number of aryl methyl sites for hydroxylation is 1. The van der Waals surface area contributed by atoms with Crippen LogP contribution in [0.4, 0.5) is 0 Å². The first-order valence-electron chi connectivity index (χ1n) is 10.4. The molecule has 8 nitrogen and oxygen atoms in total. The van der Waals surface area contributed by atoms with Gasteiger partial charge in [0, 0.05) is 33.2 Å². The molecule has 0 saturated carbocycles. The number of likely N-dealkylation sites (N-methyl/N-ethyl adjacent to an activating group) is 1. The number of nitrogens with zero attached hydrogens (tertiary/aromatic N) is 5. The van der Waals surface area contributed by atoms with Gasteiger partial charge in [-0.05, 0) is 25.0 Å². The number of rotatable bonds is 10. The summed E-state index contributed by atoms with van der Waals surface area (Å²) in [5.41, 5.74) is 0. The van der Waals surface area contributed by atoms with Crippen LogP contribution in [-0.4, -0.2) is 71.6 Å². The van der Waals surface area contributed by atoms with Crippen molar-refractivity contribution >= 4 is 29.9 Å². The fraction of sp³-hybridized carbons (Fsp3) is 0.571. The highest BCUT2D eigenvalue weighted by atomic mass is 127. The molecule has 1 aliphatic rings. The highest BCUT2D eigenvalue weighted by molar-refractivity contribution is 14.0. The Balaban J connectivity index is 0.00000320. The summed E-state index contributed by atoms with van der Waals surface area (Å²) in [5, 5.41) is 11.6. The van der Waals surface area contributed by atoms with Gasteiger partial charge in [-0.2, -0.15) is 0 Å². The van der Waals surface area contributed by atoms with Gasteiger partial charge in [0.1, 0.15) is 24.5 Å². The minimum atomic E-state index is 0. The zero-order chi connectivity index (χ0) is 20.3. The Labute approximate surface area is 196 Å². The molecule has 0 bridgehead atoms. The molecule has 166 valence electrons. The van der Waals surface area contributed by atoms with E-state index in [4.69, 9.17) is 14.5 Å². The van der Waals surface area contributed by atoms with E-state index in [0.717, 1.165) is 63.0 Å². The summed E-state index contributed by atoms with van der Waals surface area (Å²) in [6.07, 6.45) is 5.08. The molecule has 30 heavy (non-hydrogen) atoms. The van der Waals surface area contributed by atoms with Crippen LogP contribution in [0.5, 0.6) is 5.75 Å². The molecule has 2 heterocycles. The number of guanidine groups is 1. The van der Waals surface area contributed by atoms with Crippen molar-refractivity contribution in [1.82, 2.24) is 25.0 Å². The van der Waals surface area contributed by atoms with Crippen molar-refractivity contribution in [3.8, 4) is 5.75 Å². The van der Waals surface area contributed by atoms with Crippen LogP contribution in [0.15, 0.2) is 41.7 Å². The zero-order valence-corrected chi connectivity index (χ0v) is 20.2. The van der Waals surface area contributed by atoms with Crippen molar-refractivity contribution in [3.05, 3.63) is 42.5 Å². The molecular weight excluding hydrogens is 495 g/mol. The van der Waals surface area contributed by atoms with Crippen LogP contribution >= 0.6 is 24.0 Å². The van der Waals surface area contributed by atoms with E-state index in [1.165, 1.54) is 0 Å². The van der Waals surface area contributed by atoms with Crippen molar-refractivity contribution in [1.29, 1.82) is 0 Å². The average molecular weight is 528 g/mol. The molecule has 1 fully saturated rings. The maximum absolute atomic E-state index is 5.83. The van der Waals surface area contributed by atoms with E-state index in [2.05, 4.69) is 31.9 Å². The van der Waals surface area contributed by atoms with E-state index in [-0.39, 0.29) is 30.1 Å². The largest absolute Gasteiger partial charge is 0.492 e. The Kier molecular flexibility index (Phi) is 10.9. The Hall–Kier alpha value is -1.88. The standard InChI is InChI=1S/C21H32N6O2.HI/c1-3-20-25-24-17-27(20)12-11-22-21(23-16-19-10-7-14-28-19)26(2)13-15-29-18-8-5-4-6-9-18;/h4-6,8-9,17,19H,3,7,10-16H2,1-2H3,(H,22,23);1H. The Morgan fingerprint density at radius 2 is 2.20 bits per heavy atom. The normalized spacial score (nSPS) is 16.2. The van der Waals surface area contributed by atoms with Gasteiger partial charge < -0.3 is 24.3 Å². The van der Waals surface area contributed by atoms with Crippen molar-refractivity contribution in [2.24, 2.45) is 4.99 Å². The molecule has 1 atom stereocenters. The van der Waals surface area contributed by atoms with Crippen LogP contribution in [0, 0.1) is 0 Å². The van der Waals surface area contributed by atoms with Crippen LogP contribution in [0.25, 0.3) is 0 Å². The third-order valence-electron chi connectivity index (χ3n) is 4.92. The van der Waals surface area contributed by atoms with Crippen LogP contribution in [0.1, 0.15) is 25.6 Å². The average Bonchev–Trinajstić information content (AvgIpc) is 3.43. The molecule has 1 aromatic carbocycles. The molecule has 0 radical (unpaired) electrons.